The van der Waals surface area contributed by atoms with Gasteiger partial charge in [-0.1, -0.05) is 34.3 Å². The number of hydrogen-bond donors (Lipinski definition) is 1. The zero-order valence-electron chi connectivity index (χ0n) is 11.8. The molecule has 3 rings (SSSR count). The van der Waals surface area contributed by atoms with Crippen LogP contribution >= 0.6 is 11.5 Å². The van der Waals surface area contributed by atoms with E-state index in [-0.39, 0.29) is 12.0 Å². The van der Waals surface area contributed by atoms with Crippen molar-refractivity contribution in [3.8, 4) is 11.3 Å². The lowest BCUT2D eigenvalue weighted by Gasteiger charge is -2.10. The number of aromatic nitrogens is 2. The molecule has 1 unspecified atom stereocenters. The number of ether oxygens (including phenoxy) is 1. The first-order chi connectivity index (χ1) is 10.2. The summed E-state index contributed by atoms with van der Waals surface area (Å²) in [4.78, 5) is 12.8. The number of hydrogen-bond acceptors (Lipinski definition) is 5. The second-order valence-electron chi connectivity index (χ2n) is 5.16. The van der Waals surface area contributed by atoms with E-state index in [4.69, 9.17) is 4.74 Å². The summed E-state index contributed by atoms with van der Waals surface area (Å²) in [6, 6.07) is 7.93. The average Bonchev–Trinajstić information content (AvgIpc) is 3.17. The highest BCUT2D eigenvalue weighted by atomic mass is 32.1. The molecule has 1 atom stereocenters. The summed E-state index contributed by atoms with van der Waals surface area (Å²) < 4.78 is 9.43. The van der Waals surface area contributed by atoms with Crippen LogP contribution in [0.3, 0.4) is 0 Å². The SMILES string of the molecule is Cc1ccc(-c2nnsc2C(=O)NCC2CCCO2)cc1. The summed E-state index contributed by atoms with van der Waals surface area (Å²) in [5.41, 5.74) is 2.73. The van der Waals surface area contributed by atoms with E-state index in [9.17, 15) is 4.79 Å². The number of carbonyl (C=O) groups is 1. The maximum absolute atomic E-state index is 12.3. The second-order valence-corrected chi connectivity index (χ2v) is 5.92. The average molecular weight is 303 g/mol. The number of rotatable bonds is 4. The third-order valence-corrected chi connectivity index (χ3v) is 4.26. The van der Waals surface area contributed by atoms with Gasteiger partial charge in [0, 0.05) is 18.7 Å². The van der Waals surface area contributed by atoms with E-state index in [2.05, 4.69) is 14.9 Å². The third-order valence-electron chi connectivity index (χ3n) is 3.53. The van der Waals surface area contributed by atoms with Crippen LogP contribution in [0.15, 0.2) is 24.3 Å². The monoisotopic (exact) mass is 303 g/mol. The molecule has 2 heterocycles. The molecule has 1 aliphatic rings. The topological polar surface area (TPSA) is 64.1 Å². The Kier molecular flexibility index (Phi) is 4.26. The Bertz CT molecular complexity index is 618. The number of aryl methyl sites for hydroxylation is 1. The van der Waals surface area contributed by atoms with Crippen molar-refractivity contribution >= 4 is 17.4 Å². The molecule has 0 radical (unpaired) electrons. The van der Waals surface area contributed by atoms with Crippen LogP contribution in [0, 0.1) is 6.92 Å². The fraction of sp³-hybridized carbons (Fsp3) is 0.400. The van der Waals surface area contributed by atoms with Gasteiger partial charge in [-0.2, -0.15) is 0 Å². The summed E-state index contributed by atoms with van der Waals surface area (Å²) in [5, 5.41) is 7.01. The first-order valence-electron chi connectivity index (χ1n) is 7.03. The van der Waals surface area contributed by atoms with E-state index in [1.54, 1.807) is 0 Å². The Hall–Kier alpha value is -1.79. The standard InChI is InChI=1S/C15H17N3O2S/c1-10-4-6-11(7-5-10)13-14(21-18-17-13)15(19)16-9-12-3-2-8-20-12/h4-7,12H,2-3,8-9H2,1H3,(H,16,19). The Morgan fingerprint density at radius 1 is 1.43 bits per heavy atom. The molecule has 1 aliphatic heterocycles. The number of carbonyl (C=O) groups excluding carboxylic acids is 1. The minimum Gasteiger partial charge on any atom is -0.376 e. The summed E-state index contributed by atoms with van der Waals surface area (Å²) in [6.45, 7) is 3.36. The van der Waals surface area contributed by atoms with Crippen molar-refractivity contribution < 1.29 is 9.53 Å². The van der Waals surface area contributed by atoms with Gasteiger partial charge in [-0.05, 0) is 31.3 Å². The maximum atomic E-state index is 12.3. The molecular weight excluding hydrogens is 286 g/mol. The van der Waals surface area contributed by atoms with Crippen LogP contribution in [0.25, 0.3) is 11.3 Å². The summed E-state index contributed by atoms with van der Waals surface area (Å²) in [7, 11) is 0. The predicted molar refractivity (Wildman–Crippen MR) is 81.4 cm³/mol. The van der Waals surface area contributed by atoms with Crippen LogP contribution in [-0.2, 0) is 4.74 Å². The van der Waals surface area contributed by atoms with Crippen molar-refractivity contribution in [2.75, 3.05) is 13.2 Å². The lowest BCUT2D eigenvalue weighted by Crippen LogP contribution is -2.31. The van der Waals surface area contributed by atoms with Crippen molar-refractivity contribution in [3.63, 3.8) is 0 Å². The smallest absolute Gasteiger partial charge is 0.265 e. The largest absolute Gasteiger partial charge is 0.376 e. The highest BCUT2D eigenvalue weighted by molar-refractivity contribution is 7.08. The lowest BCUT2D eigenvalue weighted by atomic mass is 10.1. The number of nitrogens with zero attached hydrogens (tertiary/aromatic N) is 2. The van der Waals surface area contributed by atoms with E-state index in [1.165, 1.54) is 5.56 Å². The van der Waals surface area contributed by atoms with Gasteiger partial charge in [0.25, 0.3) is 5.91 Å². The zero-order chi connectivity index (χ0) is 14.7. The summed E-state index contributed by atoms with van der Waals surface area (Å²) >= 11 is 1.13. The molecule has 0 saturated carbocycles. The number of benzene rings is 1. The molecule has 6 heteroatoms. The first-order valence-corrected chi connectivity index (χ1v) is 7.80. The molecule has 1 N–H and O–H groups in total. The van der Waals surface area contributed by atoms with E-state index in [1.807, 2.05) is 31.2 Å². The predicted octanol–water partition coefficient (Wildman–Crippen LogP) is 2.42. The summed E-state index contributed by atoms with van der Waals surface area (Å²) in [6.07, 6.45) is 2.21. The van der Waals surface area contributed by atoms with E-state index in [0.29, 0.717) is 17.1 Å². The van der Waals surface area contributed by atoms with Gasteiger partial charge in [-0.25, -0.2) is 0 Å². The highest BCUT2D eigenvalue weighted by Gasteiger charge is 2.20. The van der Waals surface area contributed by atoms with Crippen LogP contribution in [-0.4, -0.2) is 34.7 Å². The van der Waals surface area contributed by atoms with Crippen molar-refractivity contribution in [3.05, 3.63) is 34.7 Å². The van der Waals surface area contributed by atoms with Crippen LogP contribution < -0.4 is 5.32 Å². The van der Waals surface area contributed by atoms with Crippen molar-refractivity contribution in [2.24, 2.45) is 0 Å². The Balaban J connectivity index is 1.72. The second kappa shape index (κ2) is 6.32. The van der Waals surface area contributed by atoms with Gasteiger partial charge in [0.2, 0.25) is 0 Å². The van der Waals surface area contributed by atoms with Gasteiger partial charge in [0.05, 0.1) is 6.10 Å². The summed E-state index contributed by atoms with van der Waals surface area (Å²) in [5.74, 6) is -0.129. The fourth-order valence-corrected chi connectivity index (χ4v) is 2.94. The van der Waals surface area contributed by atoms with Crippen molar-refractivity contribution in [2.45, 2.75) is 25.9 Å². The molecular formula is C15H17N3O2S. The van der Waals surface area contributed by atoms with Crippen LogP contribution in [0.5, 0.6) is 0 Å². The molecule has 1 amide bonds. The molecule has 1 aromatic heterocycles. The molecule has 110 valence electrons. The molecule has 0 spiro atoms. The van der Waals surface area contributed by atoms with E-state index < -0.39 is 0 Å². The maximum Gasteiger partial charge on any atom is 0.265 e. The Morgan fingerprint density at radius 3 is 2.95 bits per heavy atom. The van der Waals surface area contributed by atoms with Crippen molar-refractivity contribution in [1.82, 2.24) is 14.9 Å². The van der Waals surface area contributed by atoms with Gasteiger partial charge in [0.1, 0.15) is 10.6 Å². The van der Waals surface area contributed by atoms with Gasteiger partial charge >= 0.3 is 0 Å². The van der Waals surface area contributed by atoms with E-state index in [0.717, 1.165) is 36.5 Å². The van der Waals surface area contributed by atoms with Crippen LogP contribution in [0.1, 0.15) is 28.1 Å². The molecule has 0 aliphatic carbocycles. The van der Waals surface area contributed by atoms with Crippen LogP contribution in [0.2, 0.25) is 0 Å². The first kappa shape index (κ1) is 14.2. The number of amides is 1. The molecule has 1 saturated heterocycles. The third kappa shape index (κ3) is 3.28. The van der Waals surface area contributed by atoms with Crippen molar-refractivity contribution in [1.29, 1.82) is 0 Å². The quantitative estimate of drug-likeness (QED) is 0.942. The van der Waals surface area contributed by atoms with Crippen LogP contribution in [0.4, 0.5) is 0 Å². The molecule has 0 bridgehead atoms. The Morgan fingerprint density at radius 2 is 2.24 bits per heavy atom. The van der Waals surface area contributed by atoms with Gasteiger partial charge in [-0.15, -0.1) is 5.10 Å². The van der Waals surface area contributed by atoms with Gasteiger partial charge < -0.3 is 10.1 Å². The molecule has 1 aromatic carbocycles. The number of nitrogens with one attached hydrogen (secondary N) is 1. The van der Waals surface area contributed by atoms with Gasteiger partial charge in [0.15, 0.2) is 0 Å². The van der Waals surface area contributed by atoms with Gasteiger partial charge in [-0.3, -0.25) is 4.79 Å². The fourth-order valence-electron chi connectivity index (χ4n) is 2.33. The highest BCUT2D eigenvalue weighted by Crippen LogP contribution is 2.24. The lowest BCUT2D eigenvalue weighted by molar-refractivity contribution is 0.0861. The molecule has 21 heavy (non-hydrogen) atoms. The Labute approximate surface area is 127 Å². The minimum absolute atomic E-state index is 0.129. The zero-order valence-corrected chi connectivity index (χ0v) is 12.7. The molecule has 2 aromatic rings. The molecule has 5 nitrogen and oxygen atoms in total. The van der Waals surface area contributed by atoms with E-state index >= 15 is 0 Å². The normalized spacial score (nSPS) is 17.9. The minimum atomic E-state index is -0.129. The molecule has 1 fully saturated rings.